The van der Waals surface area contributed by atoms with Crippen LogP contribution in [0.1, 0.15) is 29.9 Å². The van der Waals surface area contributed by atoms with Gasteiger partial charge in [0.25, 0.3) is 5.91 Å². The first-order valence-corrected chi connectivity index (χ1v) is 10.2. The summed E-state index contributed by atoms with van der Waals surface area (Å²) >= 11 is 6.77. The van der Waals surface area contributed by atoms with Crippen molar-refractivity contribution in [3.63, 3.8) is 0 Å². The van der Waals surface area contributed by atoms with E-state index in [1.54, 1.807) is 13.8 Å². The van der Waals surface area contributed by atoms with Crippen molar-refractivity contribution in [2.75, 3.05) is 18.7 Å². The highest BCUT2D eigenvalue weighted by Crippen LogP contribution is 2.51. The van der Waals surface area contributed by atoms with Gasteiger partial charge in [0.2, 0.25) is 0 Å². The Morgan fingerprint density at radius 2 is 2.03 bits per heavy atom. The Labute approximate surface area is 181 Å². The van der Waals surface area contributed by atoms with Gasteiger partial charge in [0.15, 0.2) is 5.17 Å². The highest BCUT2D eigenvalue weighted by molar-refractivity contribution is 8.15. The van der Waals surface area contributed by atoms with Gasteiger partial charge in [-0.2, -0.15) is 0 Å². The van der Waals surface area contributed by atoms with Crippen LogP contribution in [0.2, 0.25) is 5.02 Å². The molecular weight excluding hydrogens is 437 g/mol. The number of benzene rings is 1. The molecule has 1 aliphatic heterocycles. The Hall–Kier alpha value is -2.26. The Morgan fingerprint density at radius 3 is 2.63 bits per heavy atom. The van der Waals surface area contributed by atoms with E-state index >= 15 is 0 Å². The van der Waals surface area contributed by atoms with Crippen LogP contribution < -0.4 is 11.1 Å². The van der Waals surface area contributed by atoms with Crippen molar-refractivity contribution in [3.05, 3.63) is 58.6 Å². The first-order valence-electron chi connectivity index (χ1n) is 9.04. The minimum Gasteiger partial charge on any atom is -0.378 e. The number of nitrogens with one attached hydrogen (secondary N) is 1. The number of amides is 1. The number of thioether (sulfide) groups is 1. The number of halogens is 4. The summed E-state index contributed by atoms with van der Waals surface area (Å²) in [5, 5.41) is 2.94. The number of anilines is 1. The quantitative estimate of drug-likeness (QED) is 0.682. The predicted molar refractivity (Wildman–Crippen MR) is 114 cm³/mol. The van der Waals surface area contributed by atoms with Crippen molar-refractivity contribution in [1.29, 1.82) is 0 Å². The average molecular weight is 457 g/mol. The molecule has 3 atom stereocenters. The molecule has 1 amide bonds. The van der Waals surface area contributed by atoms with E-state index in [-0.39, 0.29) is 22.1 Å². The minimum absolute atomic E-state index is 0.0231. The summed E-state index contributed by atoms with van der Waals surface area (Å²) in [6.45, 7) is 1.34. The van der Waals surface area contributed by atoms with Gasteiger partial charge in [0.1, 0.15) is 30.4 Å². The highest BCUT2D eigenvalue weighted by atomic mass is 35.5. The fraction of sp³-hybridized carbons (Fsp3) is 0.350. The molecule has 0 radical (unpaired) electrons. The van der Waals surface area contributed by atoms with Crippen molar-refractivity contribution in [1.82, 2.24) is 4.98 Å². The van der Waals surface area contributed by atoms with E-state index in [1.165, 1.54) is 30.5 Å². The molecule has 0 fully saturated rings. The SMILES string of the molecule is C[C@@H]1[C@@](C)(CF)SC(N)=N[C@]1(CF)c1cc(NC(=O)c2ccc(Cl)cn2)ccc1F. The van der Waals surface area contributed by atoms with Gasteiger partial charge in [-0.25, -0.2) is 23.1 Å². The van der Waals surface area contributed by atoms with Crippen LogP contribution in [0.25, 0.3) is 0 Å². The molecule has 3 N–H and O–H groups in total. The fourth-order valence-electron chi connectivity index (χ4n) is 3.44. The monoisotopic (exact) mass is 456 g/mol. The molecule has 5 nitrogen and oxygen atoms in total. The molecule has 0 bridgehead atoms. The van der Waals surface area contributed by atoms with Gasteiger partial charge < -0.3 is 11.1 Å². The summed E-state index contributed by atoms with van der Waals surface area (Å²) in [6.07, 6.45) is 1.32. The lowest BCUT2D eigenvalue weighted by molar-refractivity contribution is 0.102. The molecule has 10 heteroatoms. The van der Waals surface area contributed by atoms with E-state index in [1.807, 2.05) is 0 Å². The zero-order valence-corrected chi connectivity index (χ0v) is 17.8. The summed E-state index contributed by atoms with van der Waals surface area (Å²) in [6, 6.07) is 6.68. The first kappa shape index (κ1) is 22.4. The van der Waals surface area contributed by atoms with E-state index < -0.39 is 41.3 Å². The standard InChI is InChI=1S/C20H20ClF3N4OS/c1-11-19(2,9-22)30-18(25)28-20(11,10-23)14-7-13(4-5-15(14)24)27-17(29)16-6-3-12(21)8-26-16/h3-8,11H,9-10H2,1-2H3,(H2,25,28)(H,27,29)/t11-,19-,20+/m1/s1. The van der Waals surface area contributed by atoms with Gasteiger partial charge in [-0.3, -0.25) is 4.79 Å². The maximum absolute atomic E-state index is 14.8. The Bertz CT molecular complexity index is 991. The van der Waals surface area contributed by atoms with Crippen LogP contribution in [0.3, 0.4) is 0 Å². The molecule has 2 heterocycles. The zero-order valence-electron chi connectivity index (χ0n) is 16.3. The summed E-state index contributed by atoms with van der Waals surface area (Å²) < 4.78 is 42.0. The van der Waals surface area contributed by atoms with E-state index in [2.05, 4.69) is 15.3 Å². The number of aromatic nitrogens is 1. The van der Waals surface area contributed by atoms with Gasteiger partial charge >= 0.3 is 0 Å². The van der Waals surface area contributed by atoms with Crippen LogP contribution in [0, 0.1) is 11.7 Å². The van der Waals surface area contributed by atoms with E-state index in [0.29, 0.717) is 5.02 Å². The summed E-state index contributed by atoms with van der Waals surface area (Å²) in [7, 11) is 0. The smallest absolute Gasteiger partial charge is 0.274 e. The van der Waals surface area contributed by atoms with E-state index in [9.17, 15) is 18.0 Å². The number of amidine groups is 1. The van der Waals surface area contributed by atoms with Crippen molar-refractivity contribution >= 4 is 40.1 Å². The number of nitrogens with two attached hydrogens (primary N) is 1. The molecule has 160 valence electrons. The second-order valence-corrected chi connectivity index (χ2v) is 9.28. The number of hydrogen-bond donors (Lipinski definition) is 2. The topological polar surface area (TPSA) is 80.4 Å². The largest absolute Gasteiger partial charge is 0.378 e. The summed E-state index contributed by atoms with van der Waals surface area (Å²) in [5.74, 6) is -2.01. The molecule has 30 heavy (non-hydrogen) atoms. The van der Waals surface area contributed by atoms with Gasteiger partial charge in [-0.15, -0.1) is 0 Å². The molecule has 1 aliphatic rings. The summed E-state index contributed by atoms with van der Waals surface area (Å²) in [5.41, 5.74) is 4.34. The molecule has 1 aromatic carbocycles. The number of pyridine rings is 1. The first-order chi connectivity index (χ1) is 14.1. The van der Waals surface area contributed by atoms with Crippen LogP contribution in [0.5, 0.6) is 0 Å². The van der Waals surface area contributed by atoms with Gasteiger partial charge in [-0.1, -0.05) is 30.3 Å². The zero-order chi connectivity index (χ0) is 22.1. The molecular formula is C20H20ClF3N4OS. The maximum atomic E-state index is 14.8. The maximum Gasteiger partial charge on any atom is 0.274 e. The number of aliphatic imine (C=N–C) groups is 1. The molecule has 1 aromatic heterocycles. The lowest BCUT2D eigenvalue weighted by Gasteiger charge is -2.46. The van der Waals surface area contributed by atoms with E-state index in [0.717, 1.165) is 17.8 Å². The number of nitrogens with zero attached hydrogens (tertiary/aromatic N) is 2. The Balaban J connectivity index is 2.02. The summed E-state index contributed by atoms with van der Waals surface area (Å²) in [4.78, 5) is 20.6. The molecule has 0 spiro atoms. The number of alkyl halides is 2. The van der Waals surface area contributed by atoms with Crippen LogP contribution in [-0.2, 0) is 5.54 Å². The lowest BCUT2D eigenvalue weighted by Crippen LogP contribution is -2.52. The Kier molecular flexibility index (Phi) is 6.33. The van der Waals surface area contributed by atoms with Gasteiger partial charge in [-0.05, 0) is 37.3 Å². The van der Waals surface area contributed by atoms with Crippen LogP contribution >= 0.6 is 23.4 Å². The Morgan fingerprint density at radius 1 is 1.30 bits per heavy atom. The second kappa shape index (κ2) is 8.47. The minimum atomic E-state index is -1.72. The van der Waals surface area contributed by atoms with E-state index in [4.69, 9.17) is 17.3 Å². The third-order valence-electron chi connectivity index (χ3n) is 5.40. The lowest BCUT2D eigenvalue weighted by atomic mass is 9.73. The average Bonchev–Trinajstić information content (AvgIpc) is 2.72. The molecule has 2 aromatic rings. The van der Waals surface area contributed by atoms with Crippen LogP contribution in [-0.4, -0.2) is 34.2 Å². The van der Waals surface area contributed by atoms with Crippen LogP contribution in [0.4, 0.5) is 18.9 Å². The fourth-order valence-corrected chi connectivity index (χ4v) is 4.67. The second-order valence-electron chi connectivity index (χ2n) is 7.29. The molecule has 0 unspecified atom stereocenters. The number of carbonyl (C=O) groups is 1. The highest BCUT2D eigenvalue weighted by Gasteiger charge is 2.53. The predicted octanol–water partition coefficient (Wildman–Crippen LogP) is 4.72. The third-order valence-corrected chi connectivity index (χ3v) is 6.85. The van der Waals surface area contributed by atoms with Gasteiger partial charge in [0.05, 0.1) is 9.77 Å². The third kappa shape index (κ3) is 4.00. The molecule has 0 aliphatic carbocycles. The molecule has 3 rings (SSSR count). The van der Waals surface area contributed by atoms with Crippen molar-refractivity contribution in [2.24, 2.45) is 16.6 Å². The van der Waals surface area contributed by atoms with Gasteiger partial charge in [0, 0.05) is 23.4 Å². The van der Waals surface area contributed by atoms with Crippen molar-refractivity contribution < 1.29 is 18.0 Å². The van der Waals surface area contributed by atoms with Crippen LogP contribution in [0.15, 0.2) is 41.5 Å². The molecule has 0 saturated heterocycles. The van der Waals surface area contributed by atoms with Crippen molar-refractivity contribution in [3.8, 4) is 0 Å². The normalized spacial score (nSPS) is 26.2. The number of hydrogen-bond acceptors (Lipinski definition) is 5. The van der Waals surface area contributed by atoms with Crippen molar-refractivity contribution in [2.45, 2.75) is 24.1 Å². The number of rotatable bonds is 5. The molecule has 0 saturated carbocycles. The number of carbonyl (C=O) groups excluding carboxylic acids is 1.